The summed E-state index contributed by atoms with van der Waals surface area (Å²) in [6, 6.07) is 14.8. The Balaban J connectivity index is 1.55. The van der Waals surface area contributed by atoms with E-state index in [-0.39, 0.29) is 35.7 Å². The third kappa shape index (κ3) is 7.73. The van der Waals surface area contributed by atoms with E-state index in [0.717, 1.165) is 68.9 Å². The molecule has 1 saturated heterocycles. The first-order valence-corrected chi connectivity index (χ1v) is 16.0. The van der Waals surface area contributed by atoms with E-state index in [4.69, 9.17) is 4.74 Å². The van der Waals surface area contributed by atoms with Crippen LogP contribution in [0.5, 0.6) is 5.75 Å². The van der Waals surface area contributed by atoms with Crippen LogP contribution in [0.15, 0.2) is 48.5 Å². The fraction of sp³-hybridized carbons (Fsp3) is 0.571. The first-order valence-electron chi connectivity index (χ1n) is 16.0. The first-order chi connectivity index (χ1) is 20.4. The summed E-state index contributed by atoms with van der Waals surface area (Å²) in [5.74, 6) is 0.683. The zero-order valence-corrected chi connectivity index (χ0v) is 25.9. The van der Waals surface area contributed by atoms with Crippen molar-refractivity contribution in [1.29, 1.82) is 0 Å². The molecule has 0 aromatic heterocycles. The molecule has 7 nitrogen and oxygen atoms in total. The average Bonchev–Trinajstić information content (AvgIpc) is 3.51. The topological polar surface area (TPSA) is 79.0 Å². The highest BCUT2D eigenvalue weighted by Crippen LogP contribution is 2.29. The Kier molecular flexibility index (Phi) is 11.4. The normalized spacial score (nSPS) is 21.0. The molecule has 1 saturated carbocycles. The number of rotatable bonds is 12. The van der Waals surface area contributed by atoms with Crippen molar-refractivity contribution in [2.24, 2.45) is 5.92 Å². The van der Waals surface area contributed by atoms with Gasteiger partial charge in [-0.05, 0) is 75.3 Å². The summed E-state index contributed by atoms with van der Waals surface area (Å²) in [5, 5.41) is 3.35. The zero-order valence-electron chi connectivity index (χ0n) is 25.9. The molecule has 42 heavy (non-hydrogen) atoms. The summed E-state index contributed by atoms with van der Waals surface area (Å²) >= 11 is 0. The minimum atomic E-state index is -0.432. The maximum atomic E-state index is 14.1. The van der Waals surface area contributed by atoms with Crippen LogP contribution in [-0.2, 0) is 16.1 Å². The fourth-order valence-electron chi connectivity index (χ4n) is 6.67. The van der Waals surface area contributed by atoms with E-state index in [1.54, 1.807) is 7.11 Å². The van der Waals surface area contributed by atoms with Crippen LogP contribution in [0.3, 0.4) is 0 Å². The number of benzene rings is 2. The van der Waals surface area contributed by atoms with E-state index >= 15 is 0 Å². The van der Waals surface area contributed by atoms with Crippen molar-refractivity contribution in [3.8, 4) is 5.75 Å². The molecule has 2 aromatic rings. The van der Waals surface area contributed by atoms with E-state index in [1.807, 2.05) is 40.1 Å². The Hall–Kier alpha value is -3.35. The van der Waals surface area contributed by atoms with Gasteiger partial charge in [0.15, 0.2) is 0 Å². The quantitative estimate of drug-likeness (QED) is 0.323. The Morgan fingerprint density at radius 1 is 1.02 bits per heavy atom. The molecule has 7 heteroatoms. The molecular formula is C35H49N3O4. The van der Waals surface area contributed by atoms with Gasteiger partial charge in [-0.15, -0.1) is 0 Å². The summed E-state index contributed by atoms with van der Waals surface area (Å²) in [5.41, 5.74) is 2.82. The second-order valence-electron chi connectivity index (χ2n) is 12.1. The van der Waals surface area contributed by atoms with E-state index < -0.39 is 6.04 Å². The number of carbonyl (C=O) groups is 3. The van der Waals surface area contributed by atoms with Crippen molar-refractivity contribution in [3.63, 3.8) is 0 Å². The minimum absolute atomic E-state index is 0.0206. The van der Waals surface area contributed by atoms with Crippen molar-refractivity contribution in [2.45, 2.75) is 110 Å². The molecule has 1 aliphatic carbocycles. The first kappa shape index (κ1) is 31.6. The molecule has 2 fully saturated rings. The summed E-state index contributed by atoms with van der Waals surface area (Å²) in [6.07, 6.45) is 8.93. The summed E-state index contributed by atoms with van der Waals surface area (Å²) in [7, 11) is 1.61. The number of unbranched alkanes of at least 4 members (excludes halogenated alkanes) is 1. The minimum Gasteiger partial charge on any atom is -0.497 e. The molecule has 2 aliphatic rings. The maximum Gasteiger partial charge on any atom is 0.254 e. The smallest absolute Gasteiger partial charge is 0.254 e. The number of carbonyl (C=O) groups excluding carboxylic acids is 3. The number of aryl methyl sites for hydroxylation is 1. The lowest BCUT2D eigenvalue weighted by Gasteiger charge is -2.41. The number of amides is 3. The predicted octanol–water partition coefficient (Wildman–Crippen LogP) is 6.28. The standard InChI is InChI=1S/C35H49N3O4/c1-5-7-14-27(6-2)34(40)37-22-11-17-32(37)33(39)36-30-15-8-9-16-31(30)38(24-26-13-10-12-25(3)23-26)35(41)28-18-20-29(42-4)21-19-28/h10,12-13,18-21,23,27,30-32H,5-9,11,14-17,22,24H2,1-4H3,(H,36,39)/t27?,30-,31-,32+/m1/s1. The number of nitrogens with zero attached hydrogens (tertiary/aromatic N) is 2. The van der Waals surface area contributed by atoms with Crippen LogP contribution < -0.4 is 10.1 Å². The van der Waals surface area contributed by atoms with Gasteiger partial charge in [0.05, 0.1) is 13.2 Å². The Bertz CT molecular complexity index is 1200. The van der Waals surface area contributed by atoms with Gasteiger partial charge in [0.1, 0.15) is 11.8 Å². The van der Waals surface area contributed by atoms with Crippen molar-refractivity contribution in [2.75, 3.05) is 13.7 Å². The van der Waals surface area contributed by atoms with Crippen LogP contribution in [0.4, 0.5) is 0 Å². The Morgan fingerprint density at radius 3 is 2.48 bits per heavy atom. The molecule has 0 radical (unpaired) electrons. The molecule has 1 N–H and O–H groups in total. The molecule has 228 valence electrons. The second kappa shape index (κ2) is 15.2. The lowest BCUT2D eigenvalue weighted by atomic mass is 9.88. The van der Waals surface area contributed by atoms with E-state index in [9.17, 15) is 14.4 Å². The monoisotopic (exact) mass is 575 g/mol. The van der Waals surface area contributed by atoms with Crippen molar-refractivity contribution in [3.05, 3.63) is 65.2 Å². The van der Waals surface area contributed by atoms with E-state index in [2.05, 4.69) is 44.3 Å². The van der Waals surface area contributed by atoms with Crippen molar-refractivity contribution >= 4 is 17.7 Å². The maximum absolute atomic E-state index is 14.1. The molecule has 3 amide bonds. The third-order valence-corrected chi connectivity index (χ3v) is 9.08. The van der Waals surface area contributed by atoms with E-state index in [0.29, 0.717) is 30.8 Å². The third-order valence-electron chi connectivity index (χ3n) is 9.08. The van der Waals surface area contributed by atoms with Crippen LogP contribution in [-0.4, -0.2) is 59.3 Å². The summed E-state index contributed by atoms with van der Waals surface area (Å²) in [6.45, 7) is 7.38. The van der Waals surface area contributed by atoms with E-state index in [1.165, 1.54) is 0 Å². The highest BCUT2D eigenvalue weighted by molar-refractivity contribution is 5.95. The summed E-state index contributed by atoms with van der Waals surface area (Å²) in [4.78, 5) is 45.1. The number of hydrogen-bond donors (Lipinski definition) is 1. The molecule has 1 unspecified atom stereocenters. The number of likely N-dealkylation sites (tertiary alicyclic amines) is 1. The van der Waals surface area contributed by atoms with Gasteiger partial charge in [0, 0.05) is 30.6 Å². The summed E-state index contributed by atoms with van der Waals surface area (Å²) < 4.78 is 5.31. The van der Waals surface area contributed by atoms with Gasteiger partial charge in [-0.25, -0.2) is 0 Å². The van der Waals surface area contributed by atoms with Crippen LogP contribution in [0.2, 0.25) is 0 Å². The van der Waals surface area contributed by atoms with Crippen LogP contribution in [0, 0.1) is 12.8 Å². The van der Waals surface area contributed by atoms with Gasteiger partial charge >= 0.3 is 0 Å². The molecule has 0 spiro atoms. The lowest BCUT2D eigenvalue weighted by Crippen LogP contribution is -2.58. The van der Waals surface area contributed by atoms with Crippen molar-refractivity contribution in [1.82, 2.24) is 15.1 Å². The number of ether oxygens (including phenoxy) is 1. The Morgan fingerprint density at radius 2 is 1.79 bits per heavy atom. The largest absolute Gasteiger partial charge is 0.497 e. The highest BCUT2D eigenvalue weighted by atomic mass is 16.5. The molecule has 1 aliphatic heterocycles. The van der Waals surface area contributed by atoms with Gasteiger partial charge in [-0.3, -0.25) is 14.4 Å². The molecule has 0 bridgehead atoms. The second-order valence-corrected chi connectivity index (χ2v) is 12.1. The predicted molar refractivity (Wildman–Crippen MR) is 166 cm³/mol. The molecule has 2 aromatic carbocycles. The molecular weight excluding hydrogens is 526 g/mol. The van der Waals surface area contributed by atoms with Crippen LogP contribution in [0.25, 0.3) is 0 Å². The SMILES string of the molecule is CCCCC(CC)C(=O)N1CCC[C@H]1C(=O)N[C@@H]1CCCC[C@H]1N(Cc1cccc(C)c1)C(=O)c1ccc(OC)cc1. The zero-order chi connectivity index (χ0) is 30.1. The van der Waals surface area contributed by atoms with Gasteiger partial charge in [-0.2, -0.15) is 0 Å². The number of methoxy groups -OCH3 is 1. The molecule has 4 rings (SSSR count). The highest BCUT2D eigenvalue weighted by Gasteiger charge is 2.40. The fourth-order valence-corrected chi connectivity index (χ4v) is 6.67. The van der Waals surface area contributed by atoms with Gasteiger partial charge in [0.25, 0.3) is 5.91 Å². The van der Waals surface area contributed by atoms with Gasteiger partial charge < -0.3 is 19.9 Å². The number of hydrogen-bond acceptors (Lipinski definition) is 4. The average molecular weight is 576 g/mol. The van der Waals surface area contributed by atoms with Crippen molar-refractivity contribution < 1.29 is 19.1 Å². The van der Waals surface area contributed by atoms with Crippen LogP contribution in [0.1, 0.15) is 99.5 Å². The van der Waals surface area contributed by atoms with Gasteiger partial charge in [0.2, 0.25) is 11.8 Å². The Labute approximate surface area is 252 Å². The molecule has 4 atom stereocenters. The van der Waals surface area contributed by atoms with Crippen LogP contribution >= 0.6 is 0 Å². The van der Waals surface area contributed by atoms with Gasteiger partial charge in [-0.1, -0.05) is 69.4 Å². The lowest BCUT2D eigenvalue weighted by molar-refractivity contribution is -0.142. The number of nitrogens with one attached hydrogen (secondary N) is 1. The molecule has 1 heterocycles.